The number of carbonyl (C=O) groups excluding carboxylic acids is 1. The molecule has 0 spiro atoms. The van der Waals surface area contributed by atoms with E-state index >= 15 is 4.39 Å². The standard InChI is InChI=1S/C26H33FN8O3/c1-7-16(12-22(36)38-26(3,4)5)20(8-2)32-24-19(27)11-17(14-28)23(33-24)31-18-13-21(25(37-6)29-15-18)35-10-9-30-34-35/h9-11,13,15-16,20H,7-8,12H2,1-6H3,(H2,31,32,33)/t16-,20-/m1/s1. The van der Waals surface area contributed by atoms with Gasteiger partial charge >= 0.3 is 5.97 Å². The van der Waals surface area contributed by atoms with Gasteiger partial charge in [0.2, 0.25) is 5.88 Å². The van der Waals surface area contributed by atoms with E-state index < -0.39 is 11.4 Å². The van der Waals surface area contributed by atoms with Crippen molar-refractivity contribution in [3.05, 3.63) is 42.1 Å². The van der Waals surface area contributed by atoms with Crippen LogP contribution in [0.15, 0.2) is 30.7 Å². The van der Waals surface area contributed by atoms with Gasteiger partial charge in [0.15, 0.2) is 17.5 Å². The fraction of sp³-hybridized carbons (Fsp3) is 0.462. The Hall–Kier alpha value is -4.27. The number of halogens is 1. The first kappa shape index (κ1) is 28.3. The van der Waals surface area contributed by atoms with Crippen LogP contribution in [0.25, 0.3) is 5.69 Å². The van der Waals surface area contributed by atoms with Crippen molar-refractivity contribution >= 4 is 23.3 Å². The molecule has 0 fully saturated rings. The van der Waals surface area contributed by atoms with Gasteiger partial charge in [0, 0.05) is 6.04 Å². The summed E-state index contributed by atoms with van der Waals surface area (Å²) in [7, 11) is 1.49. The molecule has 11 nitrogen and oxygen atoms in total. The lowest BCUT2D eigenvalue weighted by atomic mass is 9.91. The third-order valence-electron chi connectivity index (χ3n) is 5.76. The molecule has 0 aliphatic heterocycles. The van der Waals surface area contributed by atoms with Gasteiger partial charge in [-0.3, -0.25) is 4.79 Å². The van der Waals surface area contributed by atoms with Crippen molar-refractivity contribution in [3.8, 4) is 17.6 Å². The summed E-state index contributed by atoms with van der Waals surface area (Å²) in [6.45, 7) is 9.38. The number of ether oxygens (including phenoxy) is 2. The lowest BCUT2D eigenvalue weighted by molar-refractivity contribution is -0.156. The van der Waals surface area contributed by atoms with Crippen molar-refractivity contribution in [2.24, 2.45) is 5.92 Å². The molecule has 2 N–H and O–H groups in total. The van der Waals surface area contributed by atoms with Crippen LogP contribution >= 0.6 is 0 Å². The number of nitrogens with zero attached hydrogens (tertiary/aromatic N) is 6. The normalized spacial score (nSPS) is 12.8. The zero-order valence-electron chi connectivity index (χ0n) is 22.4. The molecule has 0 saturated heterocycles. The smallest absolute Gasteiger partial charge is 0.306 e. The van der Waals surface area contributed by atoms with Crippen molar-refractivity contribution in [2.75, 3.05) is 17.7 Å². The third kappa shape index (κ3) is 7.15. The van der Waals surface area contributed by atoms with E-state index in [4.69, 9.17) is 9.47 Å². The average Bonchev–Trinajstić information content (AvgIpc) is 3.41. The topological polar surface area (TPSA) is 140 Å². The number of rotatable bonds is 11. The van der Waals surface area contributed by atoms with E-state index in [0.717, 1.165) is 6.07 Å². The van der Waals surface area contributed by atoms with Crippen molar-refractivity contribution in [1.29, 1.82) is 5.26 Å². The Labute approximate surface area is 221 Å². The molecule has 0 amide bonds. The highest BCUT2D eigenvalue weighted by atomic mass is 19.1. The lowest BCUT2D eigenvalue weighted by Gasteiger charge is -2.28. The van der Waals surface area contributed by atoms with Crippen LogP contribution in [0.3, 0.4) is 0 Å². The van der Waals surface area contributed by atoms with E-state index in [9.17, 15) is 10.1 Å². The molecule has 0 bridgehead atoms. The number of nitrogens with one attached hydrogen (secondary N) is 2. The van der Waals surface area contributed by atoms with Crippen molar-refractivity contribution in [3.63, 3.8) is 0 Å². The van der Waals surface area contributed by atoms with E-state index in [1.807, 2.05) is 40.7 Å². The van der Waals surface area contributed by atoms with Crippen LogP contribution in [0.4, 0.5) is 21.7 Å². The first-order valence-corrected chi connectivity index (χ1v) is 12.3. The molecule has 0 saturated carbocycles. The van der Waals surface area contributed by atoms with E-state index in [2.05, 4.69) is 30.9 Å². The Morgan fingerprint density at radius 1 is 1.24 bits per heavy atom. The minimum absolute atomic E-state index is 0.0139. The third-order valence-corrected chi connectivity index (χ3v) is 5.76. The van der Waals surface area contributed by atoms with Crippen molar-refractivity contribution in [2.45, 2.75) is 65.5 Å². The molecular weight excluding hydrogens is 491 g/mol. The second kappa shape index (κ2) is 12.3. The predicted octanol–water partition coefficient (Wildman–Crippen LogP) is 4.77. The van der Waals surface area contributed by atoms with Gasteiger partial charge in [-0.2, -0.15) is 5.26 Å². The second-order valence-electron chi connectivity index (χ2n) is 9.67. The Morgan fingerprint density at radius 3 is 2.58 bits per heavy atom. The minimum atomic E-state index is -0.672. The maximum Gasteiger partial charge on any atom is 0.306 e. The molecule has 3 heterocycles. The van der Waals surface area contributed by atoms with E-state index in [0.29, 0.717) is 30.1 Å². The maximum absolute atomic E-state index is 15.0. The first-order valence-electron chi connectivity index (χ1n) is 12.3. The highest BCUT2D eigenvalue weighted by Crippen LogP contribution is 2.29. The number of nitriles is 1. The second-order valence-corrected chi connectivity index (χ2v) is 9.67. The molecule has 0 aliphatic carbocycles. The number of anilines is 3. The Kier molecular flexibility index (Phi) is 9.17. The van der Waals surface area contributed by atoms with Gasteiger partial charge in [0.25, 0.3) is 0 Å². The van der Waals surface area contributed by atoms with E-state index in [1.165, 1.54) is 24.2 Å². The number of pyridine rings is 2. The van der Waals surface area contributed by atoms with Gasteiger partial charge in [-0.25, -0.2) is 19.0 Å². The van der Waals surface area contributed by atoms with Crippen LogP contribution in [0.1, 0.15) is 59.4 Å². The summed E-state index contributed by atoms with van der Waals surface area (Å²) in [5.41, 5.74) is 0.407. The van der Waals surface area contributed by atoms with Gasteiger partial charge < -0.3 is 20.1 Å². The average molecular weight is 525 g/mol. The molecule has 0 aromatic carbocycles. The Morgan fingerprint density at radius 2 is 2.00 bits per heavy atom. The lowest BCUT2D eigenvalue weighted by Crippen LogP contribution is -2.33. The summed E-state index contributed by atoms with van der Waals surface area (Å²) in [6.07, 6.45) is 6.13. The molecule has 0 aliphatic rings. The van der Waals surface area contributed by atoms with Crippen LogP contribution in [0, 0.1) is 23.1 Å². The van der Waals surface area contributed by atoms with Gasteiger partial charge in [-0.05, 0) is 45.2 Å². The number of esters is 1. The zero-order valence-corrected chi connectivity index (χ0v) is 22.4. The highest BCUT2D eigenvalue weighted by Gasteiger charge is 2.26. The molecule has 2 atom stereocenters. The quantitative estimate of drug-likeness (QED) is 0.337. The highest BCUT2D eigenvalue weighted by molar-refractivity contribution is 5.70. The molecule has 202 valence electrons. The number of carbonyl (C=O) groups is 1. The van der Waals surface area contributed by atoms with Crippen LogP contribution in [0.5, 0.6) is 5.88 Å². The molecular formula is C26H33FN8O3. The molecule has 12 heteroatoms. The predicted molar refractivity (Wildman–Crippen MR) is 140 cm³/mol. The molecule has 3 rings (SSSR count). The molecule has 38 heavy (non-hydrogen) atoms. The summed E-state index contributed by atoms with van der Waals surface area (Å²) in [6, 6.07) is 4.53. The van der Waals surface area contributed by atoms with Gasteiger partial charge in [0.05, 0.1) is 43.4 Å². The van der Waals surface area contributed by atoms with Crippen molar-refractivity contribution < 1.29 is 18.7 Å². The molecule has 3 aromatic rings. The fourth-order valence-electron chi connectivity index (χ4n) is 3.97. The molecule has 3 aromatic heterocycles. The number of aromatic nitrogens is 5. The van der Waals surface area contributed by atoms with Crippen LogP contribution < -0.4 is 15.4 Å². The zero-order chi connectivity index (χ0) is 27.9. The molecule has 0 unspecified atom stereocenters. The van der Waals surface area contributed by atoms with Crippen molar-refractivity contribution in [1.82, 2.24) is 25.0 Å². The largest absolute Gasteiger partial charge is 0.479 e. The maximum atomic E-state index is 15.0. The van der Waals surface area contributed by atoms with Crippen LogP contribution in [0.2, 0.25) is 0 Å². The summed E-state index contributed by atoms with van der Waals surface area (Å²) < 4.78 is 27.3. The number of hydrogen-bond donors (Lipinski definition) is 2. The van der Waals surface area contributed by atoms with Crippen LogP contribution in [-0.2, 0) is 9.53 Å². The van der Waals surface area contributed by atoms with E-state index in [1.54, 1.807) is 12.3 Å². The summed E-state index contributed by atoms with van der Waals surface area (Å²) in [4.78, 5) is 21.1. The van der Waals surface area contributed by atoms with E-state index in [-0.39, 0.29) is 41.5 Å². The molecule has 0 radical (unpaired) electrons. The summed E-state index contributed by atoms with van der Waals surface area (Å²) >= 11 is 0. The van der Waals surface area contributed by atoms with Gasteiger partial charge in [-0.15, -0.1) is 5.10 Å². The summed E-state index contributed by atoms with van der Waals surface area (Å²) in [5.74, 6) is -0.664. The van der Waals surface area contributed by atoms with Gasteiger partial charge in [-0.1, -0.05) is 25.5 Å². The Balaban J connectivity index is 1.88. The summed E-state index contributed by atoms with van der Waals surface area (Å²) in [5, 5.41) is 23.6. The number of methoxy groups -OCH3 is 1. The number of hydrogen-bond acceptors (Lipinski definition) is 10. The fourth-order valence-corrected chi connectivity index (χ4v) is 3.97. The Bertz CT molecular complexity index is 1280. The van der Waals surface area contributed by atoms with Gasteiger partial charge in [0.1, 0.15) is 17.4 Å². The monoisotopic (exact) mass is 524 g/mol. The minimum Gasteiger partial charge on any atom is -0.479 e. The SMILES string of the molecule is CC[C@H](CC(=O)OC(C)(C)C)[C@@H](CC)Nc1nc(Nc2cnc(OC)c(-n3ccnn3)c2)c(C#N)cc1F. The van der Waals surface area contributed by atoms with Crippen LogP contribution in [-0.4, -0.2) is 49.7 Å². The first-order chi connectivity index (χ1) is 18.1.